The number of nitrogens with zero attached hydrogens (tertiary/aromatic N) is 4. The van der Waals surface area contributed by atoms with Crippen LogP contribution in [0.15, 0.2) is 42.5 Å². The summed E-state index contributed by atoms with van der Waals surface area (Å²) >= 11 is 6.00. The Labute approximate surface area is 224 Å². The molecule has 2 aliphatic heterocycles. The lowest BCUT2D eigenvalue weighted by Gasteiger charge is -2.24. The first-order chi connectivity index (χ1) is 18.1. The van der Waals surface area contributed by atoms with Crippen molar-refractivity contribution < 1.29 is 22.9 Å². The Balaban J connectivity index is 1.21. The van der Waals surface area contributed by atoms with Gasteiger partial charge in [-0.25, -0.2) is 0 Å². The van der Waals surface area contributed by atoms with Crippen LogP contribution in [0.2, 0.25) is 5.02 Å². The lowest BCUT2D eigenvalue weighted by atomic mass is 10.1. The van der Waals surface area contributed by atoms with E-state index in [4.69, 9.17) is 11.6 Å². The van der Waals surface area contributed by atoms with E-state index in [1.165, 1.54) is 6.07 Å². The summed E-state index contributed by atoms with van der Waals surface area (Å²) in [5.74, 6) is 0.0339. The van der Waals surface area contributed by atoms with E-state index in [-0.39, 0.29) is 17.6 Å². The molecule has 4 rings (SSSR count). The van der Waals surface area contributed by atoms with Crippen LogP contribution >= 0.6 is 11.6 Å². The van der Waals surface area contributed by atoms with Crippen LogP contribution in [0.3, 0.4) is 0 Å². The van der Waals surface area contributed by atoms with Crippen LogP contribution in [0.25, 0.3) is 0 Å². The zero-order valence-electron chi connectivity index (χ0n) is 20.9. The summed E-state index contributed by atoms with van der Waals surface area (Å²) in [6, 6.07) is 10.5. The average molecular weight is 554 g/mol. The molecular formula is C26H31ClF3N5O3. The average Bonchev–Trinajstić information content (AvgIpc) is 3.21. The molecule has 1 N–H and O–H groups in total. The van der Waals surface area contributed by atoms with Gasteiger partial charge in [-0.2, -0.15) is 13.2 Å². The summed E-state index contributed by atoms with van der Waals surface area (Å²) < 4.78 is 39.8. The number of rotatable bonds is 8. The van der Waals surface area contributed by atoms with Gasteiger partial charge in [0.1, 0.15) is 5.56 Å². The van der Waals surface area contributed by atoms with Crippen molar-refractivity contribution in [3.05, 3.63) is 63.2 Å². The molecule has 12 heteroatoms. The van der Waals surface area contributed by atoms with Gasteiger partial charge >= 0.3 is 6.18 Å². The van der Waals surface area contributed by atoms with E-state index in [9.17, 15) is 28.1 Å². The summed E-state index contributed by atoms with van der Waals surface area (Å²) in [5, 5.41) is 14.7. The van der Waals surface area contributed by atoms with Crippen LogP contribution in [0, 0.1) is 10.1 Å². The predicted octanol–water partition coefficient (Wildman–Crippen LogP) is 5.27. The summed E-state index contributed by atoms with van der Waals surface area (Å²) in [4.78, 5) is 29.1. The topological polar surface area (TPSA) is 82.0 Å². The van der Waals surface area contributed by atoms with Gasteiger partial charge < -0.3 is 20.0 Å². The highest BCUT2D eigenvalue weighted by atomic mass is 35.5. The summed E-state index contributed by atoms with van der Waals surface area (Å²) in [5.41, 5.74) is -0.959. The van der Waals surface area contributed by atoms with Gasteiger partial charge in [-0.15, -0.1) is 0 Å². The molecule has 0 aliphatic carbocycles. The normalized spacial score (nSPS) is 18.9. The summed E-state index contributed by atoms with van der Waals surface area (Å²) in [6.07, 6.45) is -2.05. The standard InChI is InChI=1S/C26H31ClF3N5O3/c27-19-4-7-22(8-5-19)33-13-2-12-32(15-16-33)11-1-3-25(36)34-14-10-21(18-34)31-20-6-9-24(35(37)38)23(17-20)26(28,29)30/h4-9,17,21,31H,1-3,10-16,18H2/t21-/m1/s1. The molecule has 8 nitrogen and oxygen atoms in total. The van der Waals surface area contributed by atoms with Crippen LogP contribution < -0.4 is 10.2 Å². The van der Waals surface area contributed by atoms with E-state index in [0.29, 0.717) is 25.9 Å². The van der Waals surface area contributed by atoms with Gasteiger partial charge in [-0.3, -0.25) is 14.9 Å². The van der Waals surface area contributed by atoms with Gasteiger partial charge in [0.05, 0.1) is 4.92 Å². The quantitative estimate of drug-likeness (QED) is 0.354. The first-order valence-electron chi connectivity index (χ1n) is 12.7. The number of hydrogen-bond acceptors (Lipinski definition) is 6. The van der Waals surface area contributed by atoms with E-state index in [0.717, 1.165) is 68.4 Å². The van der Waals surface area contributed by atoms with Crippen molar-refractivity contribution in [2.45, 2.75) is 37.9 Å². The van der Waals surface area contributed by atoms with Crippen LogP contribution in [-0.4, -0.2) is 72.5 Å². The number of carbonyl (C=O) groups excluding carboxylic acids is 1. The van der Waals surface area contributed by atoms with E-state index in [1.807, 2.05) is 24.3 Å². The van der Waals surface area contributed by atoms with Crippen molar-refractivity contribution in [1.82, 2.24) is 9.80 Å². The SMILES string of the molecule is O=C(CCCN1CCCN(c2ccc(Cl)cc2)CC1)N1CC[C@@H](Nc2ccc([N+](=O)[O-])c(C(F)(F)F)c2)C1. The number of halogens is 4. The smallest absolute Gasteiger partial charge is 0.380 e. The Morgan fingerprint density at radius 2 is 1.84 bits per heavy atom. The monoisotopic (exact) mass is 553 g/mol. The number of nitrogens with one attached hydrogen (secondary N) is 1. The van der Waals surface area contributed by atoms with Crippen molar-refractivity contribution in [3.63, 3.8) is 0 Å². The first-order valence-corrected chi connectivity index (χ1v) is 13.1. The second kappa shape index (κ2) is 12.2. The van der Waals surface area contributed by atoms with Crippen molar-refractivity contribution in [1.29, 1.82) is 0 Å². The number of alkyl halides is 3. The minimum Gasteiger partial charge on any atom is -0.380 e. The third-order valence-corrected chi connectivity index (χ3v) is 7.31. The van der Waals surface area contributed by atoms with Gasteiger partial charge in [0.2, 0.25) is 5.91 Å². The molecule has 2 saturated heterocycles. The zero-order chi connectivity index (χ0) is 27.3. The molecule has 206 valence electrons. The van der Waals surface area contributed by atoms with Crippen LogP contribution in [0.5, 0.6) is 0 Å². The first kappa shape index (κ1) is 28.0. The largest absolute Gasteiger partial charge is 0.423 e. The molecule has 2 aromatic carbocycles. The molecule has 38 heavy (non-hydrogen) atoms. The van der Waals surface area contributed by atoms with Crippen LogP contribution in [-0.2, 0) is 11.0 Å². The number of nitro benzene ring substituents is 1. The summed E-state index contributed by atoms with van der Waals surface area (Å²) in [6.45, 7) is 5.52. The van der Waals surface area contributed by atoms with E-state index >= 15 is 0 Å². The van der Waals surface area contributed by atoms with E-state index < -0.39 is 22.4 Å². The Kier molecular flexibility index (Phi) is 8.99. The minimum atomic E-state index is -4.83. The Hall–Kier alpha value is -3.05. The second-order valence-electron chi connectivity index (χ2n) is 9.72. The van der Waals surface area contributed by atoms with Gasteiger partial charge in [-0.1, -0.05) is 11.6 Å². The molecule has 1 atom stereocenters. The van der Waals surface area contributed by atoms with Crippen molar-refractivity contribution in [2.24, 2.45) is 0 Å². The molecule has 2 aromatic rings. The van der Waals surface area contributed by atoms with Gasteiger partial charge in [0, 0.05) is 67.7 Å². The third-order valence-electron chi connectivity index (χ3n) is 7.06. The number of nitro groups is 1. The fraction of sp³-hybridized carbons (Fsp3) is 0.500. The predicted molar refractivity (Wildman–Crippen MR) is 141 cm³/mol. The van der Waals surface area contributed by atoms with E-state index in [2.05, 4.69) is 15.1 Å². The molecule has 1 amide bonds. The van der Waals surface area contributed by atoms with Crippen molar-refractivity contribution in [3.8, 4) is 0 Å². The molecule has 2 fully saturated rings. The Morgan fingerprint density at radius 3 is 2.55 bits per heavy atom. The van der Waals surface area contributed by atoms with Crippen molar-refractivity contribution >= 4 is 34.6 Å². The van der Waals surface area contributed by atoms with Crippen molar-refractivity contribution in [2.75, 3.05) is 56.0 Å². The van der Waals surface area contributed by atoms with Gasteiger partial charge in [0.25, 0.3) is 5.69 Å². The number of amides is 1. The molecule has 0 spiro atoms. The molecule has 0 unspecified atom stereocenters. The molecule has 2 aliphatic rings. The fourth-order valence-corrected chi connectivity index (χ4v) is 5.20. The number of benzene rings is 2. The number of carbonyl (C=O) groups is 1. The Morgan fingerprint density at radius 1 is 1.08 bits per heavy atom. The minimum absolute atomic E-state index is 0.0339. The molecule has 2 heterocycles. The lowest BCUT2D eigenvalue weighted by molar-refractivity contribution is -0.388. The highest BCUT2D eigenvalue weighted by molar-refractivity contribution is 6.30. The molecule has 0 saturated carbocycles. The number of likely N-dealkylation sites (tertiary alicyclic amines) is 1. The van der Waals surface area contributed by atoms with Gasteiger partial charge in [0.15, 0.2) is 0 Å². The summed E-state index contributed by atoms with van der Waals surface area (Å²) in [7, 11) is 0. The lowest BCUT2D eigenvalue weighted by Crippen LogP contribution is -2.33. The fourth-order valence-electron chi connectivity index (χ4n) is 5.07. The third kappa shape index (κ3) is 7.28. The van der Waals surface area contributed by atoms with Crippen LogP contribution in [0.1, 0.15) is 31.2 Å². The van der Waals surface area contributed by atoms with Gasteiger partial charge in [-0.05, 0) is 68.8 Å². The highest BCUT2D eigenvalue weighted by Crippen LogP contribution is 2.38. The Bertz CT molecular complexity index is 1130. The molecule has 0 aromatic heterocycles. The maximum Gasteiger partial charge on any atom is 0.423 e. The highest BCUT2D eigenvalue weighted by Gasteiger charge is 2.38. The zero-order valence-corrected chi connectivity index (χ0v) is 21.7. The maximum atomic E-state index is 13.3. The second-order valence-corrected chi connectivity index (χ2v) is 10.2. The molecular weight excluding hydrogens is 523 g/mol. The molecule has 0 radical (unpaired) electrons. The van der Waals surface area contributed by atoms with E-state index in [1.54, 1.807) is 4.90 Å². The number of hydrogen-bond donors (Lipinski definition) is 1. The number of anilines is 2. The maximum absolute atomic E-state index is 13.3. The molecule has 0 bridgehead atoms. The van der Waals surface area contributed by atoms with Crippen LogP contribution in [0.4, 0.5) is 30.2 Å².